The topological polar surface area (TPSA) is 136 Å². The molecule has 3 N–H and O–H groups in total. The number of methoxy groups -OCH3 is 1. The van der Waals surface area contributed by atoms with Crippen molar-refractivity contribution in [1.82, 2.24) is 10.3 Å². The quantitative estimate of drug-likeness (QED) is 0.216. The summed E-state index contributed by atoms with van der Waals surface area (Å²) < 4.78 is 65.6. The predicted octanol–water partition coefficient (Wildman–Crippen LogP) is 5.44. The van der Waals surface area contributed by atoms with E-state index in [1.54, 1.807) is 20.8 Å². The summed E-state index contributed by atoms with van der Waals surface area (Å²) in [6.07, 6.45) is -7.27. The van der Waals surface area contributed by atoms with Gasteiger partial charge >= 0.3 is 12.3 Å². The van der Waals surface area contributed by atoms with Gasteiger partial charge in [0.1, 0.15) is 24.4 Å². The summed E-state index contributed by atoms with van der Waals surface area (Å²) in [5.41, 5.74) is -6.32. The first-order valence-electron chi connectivity index (χ1n) is 14.1. The fourth-order valence-corrected chi connectivity index (χ4v) is 5.32. The lowest BCUT2D eigenvalue weighted by atomic mass is 9.84. The number of nitrogens with zero attached hydrogens (tertiary/aromatic N) is 1. The molecule has 0 saturated heterocycles. The van der Waals surface area contributed by atoms with E-state index in [4.69, 9.17) is 30.5 Å². The minimum atomic E-state index is -5.26. The number of rotatable bonds is 11. The van der Waals surface area contributed by atoms with E-state index < -0.39 is 64.6 Å². The van der Waals surface area contributed by atoms with E-state index in [0.717, 1.165) is 6.07 Å². The molecule has 0 bridgehead atoms. The number of amides is 1. The zero-order valence-corrected chi connectivity index (χ0v) is 25.8. The van der Waals surface area contributed by atoms with Gasteiger partial charge in [0.05, 0.1) is 18.9 Å². The number of pyridine rings is 1. The van der Waals surface area contributed by atoms with Crippen molar-refractivity contribution in [2.75, 3.05) is 20.3 Å². The Morgan fingerprint density at radius 1 is 1.20 bits per heavy atom. The van der Waals surface area contributed by atoms with Gasteiger partial charge in [-0.3, -0.25) is 4.79 Å². The maximum absolute atomic E-state index is 14.6. The van der Waals surface area contributed by atoms with E-state index in [9.17, 15) is 33.0 Å². The SMILES string of the molecule is COc1cc(C(=O)CCC(O)(c2cc3c(c(Cl)n2)OCC3(NC(=O)OC(C)(C)C)C2CC2)C(F)(F)F)ccc1OC[C@@H](C)O. The van der Waals surface area contributed by atoms with Gasteiger partial charge in [-0.1, -0.05) is 11.6 Å². The summed E-state index contributed by atoms with van der Waals surface area (Å²) in [5.74, 6) is -0.504. The van der Waals surface area contributed by atoms with Gasteiger partial charge in [-0.15, -0.1) is 0 Å². The molecule has 1 aliphatic carbocycles. The Morgan fingerprint density at radius 2 is 1.89 bits per heavy atom. The molecule has 2 unspecified atom stereocenters. The molecule has 1 aliphatic heterocycles. The van der Waals surface area contributed by atoms with Gasteiger partial charge in [0.2, 0.25) is 5.60 Å². The predicted molar refractivity (Wildman–Crippen MR) is 152 cm³/mol. The van der Waals surface area contributed by atoms with Crippen LogP contribution >= 0.6 is 11.6 Å². The Labute approximate surface area is 257 Å². The highest BCUT2D eigenvalue weighted by Gasteiger charge is 2.59. The molecule has 1 saturated carbocycles. The van der Waals surface area contributed by atoms with Crippen molar-refractivity contribution in [3.05, 3.63) is 46.2 Å². The van der Waals surface area contributed by atoms with Crippen LogP contribution in [0, 0.1) is 5.92 Å². The second-order valence-electron chi connectivity index (χ2n) is 12.1. The first-order valence-corrected chi connectivity index (χ1v) is 14.4. The van der Waals surface area contributed by atoms with Gasteiger partial charge in [0.25, 0.3) is 0 Å². The van der Waals surface area contributed by atoms with E-state index in [0.29, 0.717) is 12.8 Å². The smallest absolute Gasteiger partial charge is 0.422 e. The number of fused-ring (bicyclic) bond motifs is 1. The first kappa shape index (κ1) is 33.6. The van der Waals surface area contributed by atoms with Gasteiger partial charge in [0, 0.05) is 17.5 Å². The molecule has 3 atom stereocenters. The average Bonchev–Trinajstić information content (AvgIpc) is 3.71. The third kappa shape index (κ3) is 7.00. The van der Waals surface area contributed by atoms with E-state index in [1.165, 1.54) is 32.2 Å². The Morgan fingerprint density at radius 3 is 2.45 bits per heavy atom. The zero-order chi connectivity index (χ0) is 32.7. The number of alkyl halides is 3. The summed E-state index contributed by atoms with van der Waals surface area (Å²) in [4.78, 5) is 29.7. The van der Waals surface area contributed by atoms with Crippen molar-refractivity contribution in [3.8, 4) is 17.2 Å². The molecule has 4 rings (SSSR count). The van der Waals surface area contributed by atoms with Gasteiger partial charge in [-0.2, -0.15) is 13.2 Å². The standard InChI is InChI=1S/C30H36ClF3N2O8/c1-16(37)14-42-21-9-6-17(12-22(21)41-5)20(38)10-11-29(40,30(32,33)34)23-13-19-24(25(31)35-23)43-15-28(19,18-7-8-18)36-26(39)44-27(2,3)4/h6,9,12-13,16,18,37,40H,7-8,10-11,14-15H2,1-5H3,(H,36,39)/t16-,28?,29?/m1/s1. The van der Waals surface area contributed by atoms with Crippen molar-refractivity contribution in [2.24, 2.45) is 5.92 Å². The molecule has 1 aromatic heterocycles. The minimum Gasteiger partial charge on any atom is -0.493 e. The summed E-state index contributed by atoms with van der Waals surface area (Å²) in [6, 6.07) is 5.10. The van der Waals surface area contributed by atoms with Crippen LogP contribution in [-0.4, -0.2) is 65.3 Å². The number of alkyl carbamates (subject to hydrolysis) is 1. The van der Waals surface area contributed by atoms with Crippen LogP contribution in [0.4, 0.5) is 18.0 Å². The Balaban J connectivity index is 1.64. The molecule has 2 aliphatic rings. The molecule has 14 heteroatoms. The number of ether oxygens (including phenoxy) is 4. The summed E-state index contributed by atoms with van der Waals surface area (Å²) >= 11 is 6.31. The van der Waals surface area contributed by atoms with Gasteiger partial charge in [-0.05, 0) is 77.1 Å². The fraction of sp³-hybridized carbons (Fsp3) is 0.567. The number of halogens is 4. The van der Waals surface area contributed by atoms with Crippen LogP contribution < -0.4 is 19.5 Å². The van der Waals surface area contributed by atoms with Crippen molar-refractivity contribution >= 4 is 23.5 Å². The second kappa shape index (κ2) is 12.2. The Bertz CT molecular complexity index is 1410. The first-order chi connectivity index (χ1) is 20.4. The van der Waals surface area contributed by atoms with Crippen LogP contribution in [0.25, 0.3) is 0 Å². The van der Waals surface area contributed by atoms with Crippen LogP contribution in [-0.2, 0) is 15.9 Å². The molecular formula is C30H36ClF3N2O8. The molecular weight excluding hydrogens is 609 g/mol. The molecule has 1 fully saturated rings. The molecule has 0 radical (unpaired) electrons. The van der Waals surface area contributed by atoms with Crippen LogP contribution in [0.1, 0.15) is 75.0 Å². The van der Waals surface area contributed by atoms with Crippen molar-refractivity contribution < 1.29 is 51.9 Å². The maximum Gasteiger partial charge on any atom is 0.422 e. The molecule has 10 nitrogen and oxygen atoms in total. The van der Waals surface area contributed by atoms with Crippen LogP contribution in [0.15, 0.2) is 24.3 Å². The number of aliphatic hydroxyl groups is 2. The van der Waals surface area contributed by atoms with Crippen molar-refractivity contribution in [3.63, 3.8) is 0 Å². The number of benzene rings is 1. The minimum absolute atomic E-state index is 0.00368. The lowest BCUT2D eigenvalue weighted by Crippen LogP contribution is -2.51. The van der Waals surface area contributed by atoms with Crippen molar-refractivity contribution in [2.45, 2.75) is 82.4 Å². The zero-order valence-electron chi connectivity index (χ0n) is 25.0. The third-order valence-corrected chi connectivity index (χ3v) is 7.68. The largest absolute Gasteiger partial charge is 0.493 e. The number of carbonyl (C=O) groups excluding carboxylic acids is 2. The van der Waals surface area contributed by atoms with E-state index in [2.05, 4.69) is 10.3 Å². The average molecular weight is 645 g/mol. The number of carbonyl (C=O) groups is 2. The molecule has 2 aromatic rings. The fourth-order valence-electron chi connectivity index (χ4n) is 5.08. The normalized spacial score (nSPS) is 20.2. The Kier molecular flexibility index (Phi) is 9.35. The van der Waals surface area contributed by atoms with Crippen LogP contribution in [0.2, 0.25) is 5.15 Å². The second-order valence-corrected chi connectivity index (χ2v) is 12.5. The Hall–Kier alpha value is -3.29. The van der Waals surface area contributed by atoms with E-state index >= 15 is 0 Å². The molecule has 0 spiro atoms. The van der Waals surface area contributed by atoms with Crippen molar-refractivity contribution in [1.29, 1.82) is 0 Å². The van der Waals surface area contributed by atoms with Gasteiger partial charge in [-0.25, -0.2) is 9.78 Å². The van der Waals surface area contributed by atoms with E-state index in [-0.39, 0.29) is 47.5 Å². The molecule has 1 amide bonds. The maximum atomic E-state index is 14.6. The number of hydrogen-bond acceptors (Lipinski definition) is 9. The number of nitrogens with one attached hydrogen (secondary N) is 1. The lowest BCUT2D eigenvalue weighted by molar-refractivity contribution is -0.270. The van der Waals surface area contributed by atoms with Gasteiger partial charge in [0.15, 0.2) is 28.2 Å². The summed E-state index contributed by atoms with van der Waals surface area (Å²) in [5, 5.41) is 23.0. The van der Waals surface area contributed by atoms with Crippen LogP contribution in [0.5, 0.6) is 17.2 Å². The highest BCUT2D eigenvalue weighted by Crippen LogP contribution is 2.54. The molecule has 44 heavy (non-hydrogen) atoms. The molecule has 2 heterocycles. The highest BCUT2D eigenvalue weighted by atomic mass is 35.5. The monoisotopic (exact) mass is 644 g/mol. The number of hydrogen-bond donors (Lipinski definition) is 3. The number of aromatic nitrogens is 1. The number of ketones is 1. The van der Waals surface area contributed by atoms with E-state index in [1.807, 2.05) is 0 Å². The lowest BCUT2D eigenvalue weighted by Gasteiger charge is -2.33. The third-order valence-electron chi connectivity index (χ3n) is 7.43. The summed E-state index contributed by atoms with van der Waals surface area (Å²) in [6.45, 7) is 6.39. The number of aliphatic hydroxyl groups excluding tert-OH is 1. The van der Waals surface area contributed by atoms with Crippen LogP contribution in [0.3, 0.4) is 0 Å². The molecule has 1 aromatic carbocycles. The van der Waals surface area contributed by atoms with Gasteiger partial charge < -0.3 is 34.5 Å². The highest BCUT2D eigenvalue weighted by molar-refractivity contribution is 6.31. The number of Topliss-reactive ketones (excluding diaryl/α,β-unsaturated/α-hetero) is 1. The molecule has 242 valence electrons. The summed E-state index contributed by atoms with van der Waals surface area (Å²) in [7, 11) is 1.33.